The molecule has 0 saturated carbocycles. The number of benzene rings is 1. The third-order valence-corrected chi connectivity index (χ3v) is 3.75. The van der Waals surface area contributed by atoms with Crippen molar-refractivity contribution in [3.63, 3.8) is 0 Å². The molecular weight excluding hydrogens is 296 g/mol. The molecule has 0 heterocycles. The summed E-state index contributed by atoms with van der Waals surface area (Å²) in [5.41, 5.74) is 0.295. The summed E-state index contributed by atoms with van der Waals surface area (Å²) in [5.74, 6) is 0.0163. The van der Waals surface area contributed by atoms with Crippen LogP contribution in [0.4, 0.5) is 0 Å². The molecule has 0 aromatic heterocycles. The lowest BCUT2D eigenvalue weighted by Gasteiger charge is -2.24. The molecule has 0 bridgehead atoms. The molecule has 1 aromatic carbocycles. The first-order valence-corrected chi connectivity index (χ1v) is 6.78. The van der Waals surface area contributed by atoms with Crippen molar-refractivity contribution in [3.05, 3.63) is 28.2 Å². The fourth-order valence-electron chi connectivity index (χ4n) is 2.09. The Labute approximate surface area is 116 Å². The van der Waals surface area contributed by atoms with Crippen LogP contribution in [-0.4, -0.2) is 18.2 Å². The van der Waals surface area contributed by atoms with Crippen molar-refractivity contribution in [2.75, 3.05) is 7.11 Å². The molecule has 1 rings (SSSR count). The number of halogens is 1. The van der Waals surface area contributed by atoms with E-state index in [0.717, 1.165) is 22.2 Å². The van der Waals surface area contributed by atoms with Crippen LogP contribution in [0, 0.1) is 5.41 Å². The van der Waals surface area contributed by atoms with Crippen LogP contribution in [0.1, 0.15) is 32.3 Å². The summed E-state index contributed by atoms with van der Waals surface area (Å²) in [4.78, 5) is 11.4. The average molecular weight is 315 g/mol. The Hall–Kier alpha value is -1.03. The number of rotatable bonds is 6. The first-order chi connectivity index (χ1) is 8.42. The Bertz CT molecular complexity index is 431. The number of carboxylic acids is 1. The Kier molecular flexibility index (Phi) is 5.20. The van der Waals surface area contributed by atoms with Crippen molar-refractivity contribution in [2.24, 2.45) is 5.41 Å². The smallest absolute Gasteiger partial charge is 0.309 e. The van der Waals surface area contributed by atoms with Gasteiger partial charge in [-0.25, -0.2) is 0 Å². The van der Waals surface area contributed by atoms with E-state index in [2.05, 4.69) is 15.9 Å². The number of aliphatic carboxylic acids is 1. The highest BCUT2D eigenvalue weighted by molar-refractivity contribution is 9.10. The fourth-order valence-corrected chi connectivity index (χ4v) is 2.68. The van der Waals surface area contributed by atoms with Gasteiger partial charge in [0.25, 0.3) is 0 Å². The van der Waals surface area contributed by atoms with Crippen LogP contribution in [0.5, 0.6) is 5.75 Å². The van der Waals surface area contributed by atoms with Crippen LogP contribution in [-0.2, 0) is 11.2 Å². The van der Waals surface area contributed by atoms with E-state index in [1.165, 1.54) is 0 Å². The van der Waals surface area contributed by atoms with Gasteiger partial charge in [-0.1, -0.05) is 19.4 Å². The van der Waals surface area contributed by atoms with Gasteiger partial charge in [-0.3, -0.25) is 4.79 Å². The van der Waals surface area contributed by atoms with Crippen LogP contribution >= 0.6 is 15.9 Å². The average Bonchev–Trinajstić information content (AvgIpc) is 2.29. The van der Waals surface area contributed by atoms with Gasteiger partial charge in [0.1, 0.15) is 5.75 Å². The maximum absolute atomic E-state index is 11.4. The minimum absolute atomic E-state index is 0.527. The van der Waals surface area contributed by atoms with Crippen LogP contribution in [0.2, 0.25) is 0 Å². The summed E-state index contributed by atoms with van der Waals surface area (Å²) >= 11 is 3.42. The second kappa shape index (κ2) is 6.23. The fraction of sp³-hybridized carbons (Fsp3) is 0.500. The molecule has 0 fully saturated rings. The number of ether oxygens (including phenoxy) is 1. The van der Waals surface area contributed by atoms with Crippen molar-refractivity contribution in [3.8, 4) is 5.75 Å². The highest BCUT2D eigenvalue weighted by Gasteiger charge is 2.32. The number of methoxy groups -OCH3 is 1. The number of hydrogen-bond acceptors (Lipinski definition) is 2. The molecule has 0 spiro atoms. The van der Waals surface area contributed by atoms with Crippen molar-refractivity contribution < 1.29 is 14.6 Å². The molecule has 0 radical (unpaired) electrons. The minimum atomic E-state index is -0.740. The van der Waals surface area contributed by atoms with Gasteiger partial charge < -0.3 is 9.84 Å². The summed E-state index contributed by atoms with van der Waals surface area (Å²) in [6, 6.07) is 5.70. The van der Waals surface area contributed by atoms with Crippen molar-refractivity contribution in [2.45, 2.75) is 33.1 Å². The minimum Gasteiger partial charge on any atom is -0.496 e. The molecule has 0 amide bonds. The standard InChI is InChI=1S/C14H19BrO3/c1-4-7-14(2,13(16)17)9-10-5-6-12(18-3)11(15)8-10/h5-6,8H,4,7,9H2,1-3H3,(H,16,17). The van der Waals surface area contributed by atoms with E-state index in [1.54, 1.807) is 14.0 Å². The summed E-state index contributed by atoms with van der Waals surface area (Å²) in [5, 5.41) is 9.36. The largest absolute Gasteiger partial charge is 0.496 e. The molecule has 1 unspecified atom stereocenters. The van der Waals surface area contributed by atoms with E-state index in [1.807, 2.05) is 25.1 Å². The topological polar surface area (TPSA) is 46.5 Å². The zero-order valence-electron chi connectivity index (χ0n) is 11.0. The molecule has 1 aromatic rings. The summed E-state index contributed by atoms with van der Waals surface area (Å²) < 4.78 is 6.02. The molecular formula is C14H19BrO3. The summed E-state index contributed by atoms with van der Waals surface area (Å²) in [6.45, 7) is 3.81. The van der Waals surface area contributed by atoms with Gasteiger partial charge in [-0.2, -0.15) is 0 Å². The lowest BCUT2D eigenvalue weighted by molar-refractivity contribution is -0.148. The molecule has 0 aliphatic rings. The van der Waals surface area contributed by atoms with Gasteiger partial charge in [-0.15, -0.1) is 0 Å². The second-order valence-corrected chi connectivity index (χ2v) is 5.62. The lowest BCUT2D eigenvalue weighted by atomic mass is 9.80. The number of carbonyl (C=O) groups is 1. The predicted molar refractivity (Wildman–Crippen MR) is 75.0 cm³/mol. The maximum atomic E-state index is 11.4. The number of carboxylic acid groups (broad SMARTS) is 1. The molecule has 0 saturated heterocycles. The molecule has 1 N–H and O–H groups in total. The van der Waals surface area contributed by atoms with Gasteiger partial charge in [0.05, 0.1) is 17.0 Å². The van der Waals surface area contributed by atoms with E-state index in [9.17, 15) is 9.90 Å². The molecule has 0 aliphatic heterocycles. The van der Waals surface area contributed by atoms with Crippen LogP contribution in [0.15, 0.2) is 22.7 Å². The highest BCUT2D eigenvalue weighted by atomic mass is 79.9. The lowest BCUT2D eigenvalue weighted by Crippen LogP contribution is -2.29. The van der Waals surface area contributed by atoms with Crippen LogP contribution < -0.4 is 4.74 Å². The van der Waals surface area contributed by atoms with E-state index < -0.39 is 11.4 Å². The van der Waals surface area contributed by atoms with Gasteiger partial charge in [-0.05, 0) is 53.4 Å². The van der Waals surface area contributed by atoms with Crippen molar-refractivity contribution >= 4 is 21.9 Å². The SMILES string of the molecule is CCCC(C)(Cc1ccc(OC)c(Br)c1)C(=O)O. The first-order valence-electron chi connectivity index (χ1n) is 5.98. The monoisotopic (exact) mass is 314 g/mol. The summed E-state index contributed by atoms with van der Waals surface area (Å²) in [7, 11) is 1.61. The quantitative estimate of drug-likeness (QED) is 0.866. The highest BCUT2D eigenvalue weighted by Crippen LogP contribution is 2.32. The van der Waals surface area contributed by atoms with Crippen LogP contribution in [0.25, 0.3) is 0 Å². The Morgan fingerprint density at radius 1 is 1.50 bits per heavy atom. The molecule has 4 heteroatoms. The molecule has 0 aliphatic carbocycles. The molecule has 100 valence electrons. The van der Waals surface area contributed by atoms with E-state index >= 15 is 0 Å². The second-order valence-electron chi connectivity index (χ2n) is 4.76. The maximum Gasteiger partial charge on any atom is 0.309 e. The third-order valence-electron chi connectivity index (χ3n) is 3.13. The van der Waals surface area contributed by atoms with Crippen molar-refractivity contribution in [1.82, 2.24) is 0 Å². The van der Waals surface area contributed by atoms with E-state index in [0.29, 0.717) is 12.8 Å². The molecule has 18 heavy (non-hydrogen) atoms. The van der Waals surface area contributed by atoms with E-state index in [4.69, 9.17) is 4.74 Å². The normalized spacial score (nSPS) is 14.0. The zero-order chi connectivity index (χ0) is 13.8. The first kappa shape index (κ1) is 15.0. The van der Waals surface area contributed by atoms with Crippen molar-refractivity contribution in [1.29, 1.82) is 0 Å². The molecule has 3 nitrogen and oxygen atoms in total. The predicted octanol–water partition coefficient (Wildman–Crippen LogP) is 3.89. The Morgan fingerprint density at radius 3 is 2.61 bits per heavy atom. The Balaban J connectivity index is 2.94. The van der Waals surface area contributed by atoms with E-state index in [-0.39, 0.29) is 0 Å². The third kappa shape index (κ3) is 3.48. The van der Waals surface area contributed by atoms with Crippen LogP contribution in [0.3, 0.4) is 0 Å². The van der Waals surface area contributed by atoms with Gasteiger partial charge in [0.15, 0.2) is 0 Å². The summed E-state index contributed by atoms with van der Waals surface area (Å²) in [6.07, 6.45) is 2.06. The Morgan fingerprint density at radius 2 is 2.17 bits per heavy atom. The van der Waals surface area contributed by atoms with Gasteiger partial charge >= 0.3 is 5.97 Å². The van der Waals surface area contributed by atoms with Gasteiger partial charge in [0, 0.05) is 0 Å². The molecule has 1 atom stereocenters. The zero-order valence-corrected chi connectivity index (χ0v) is 12.6. The number of hydrogen-bond donors (Lipinski definition) is 1. The van der Waals surface area contributed by atoms with Gasteiger partial charge in [0.2, 0.25) is 0 Å².